The van der Waals surface area contributed by atoms with Crippen LogP contribution in [0.4, 0.5) is 5.69 Å². The Morgan fingerprint density at radius 3 is 2.77 bits per heavy atom. The molecule has 0 aliphatic heterocycles. The molecule has 26 heavy (non-hydrogen) atoms. The van der Waals surface area contributed by atoms with E-state index in [1.807, 2.05) is 61.7 Å². The van der Waals surface area contributed by atoms with Crippen molar-refractivity contribution in [2.45, 2.75) is 19.9 Å². The van der Waals surface area contributed by atoms with E-state index in [1.165, 1.54) is 0 Å². The molecule has 0 radical (unpaired) electrons. The minimum atomic E-state index is -0.136. The van der Waals surface area contributed by atoms with Gasteiger partial charge < -0.3 is 10.1 Å². The van der Waals surface area contributed by atoms with E-state index in [1.54, 1.807) is 11.8 Å². The number of nitrogens with one attached hydrogen (secondary N) is 1. The summed E-state index contributed by atoms with van der Waals surface area (Å²) in [5.74, 6) is -0.136. The van der Waals surface area contributed by atoms with Crippen LogP contribution in [0.2, 0.25) is 0 Å². The molecule has 0 spiro atoms. The van der Waals surface area contributed by atoms with Gasteiger partial charge in [-0.05, 0) is 37.1 Å². The number of rotatable bonds is 7. The first-order chi connectivity index (χ1) is 12.7. The molecule has 0 fully saturated rings. The molecule has 2 aromatic carbocycles. The zero-order chi connectivity index (χ0) is 18.4. The number of ether oxygens (including phenoxy) is 1. The molecule has 1 amide bonds. The summed E-state index contributed by atoms with van der Waals surface area (Å²) in [6.45, 7) is 3.35. The zero-order valence-corrected chi connectivity index (χ0v) is 15.0. The Kier molecular flexibility index (Phi) is 5.76. The van der Waals surface area contributed by atoms with Gasteiger partial charge >= 0.3 is 0 Å². The van der Waals surface area contributed by atoms with Crippen LogP contribution in [0, 0.1) is 6.92 Å². The Labute approximate surface area is 152 Å². The minimum Gasteiger partial charge on any atom is -0.385 e. The molecule has 0 saturated carbocycles. The van der Waals surface area contributed by atoms with Crippen molar-refractivity contribution in [2.75, 3.05) is 19.0 Å². The van der Waals surface area contributed by atoms with Crippen molar-refractivity contribution in [1.29, 1.82) is 0 Å². The van der Waals surface area contributed by atoms with E-state index < -0.39 is 0 Å². The number of benzene rings is 2. The number of aromatic nitrogens is 3. The van der Waals surface area contributed by atoms with Crippen LogP contribution in [-0.2, 0) is 11.3 Å². The second-order valence-electron chi connectivity index (χ2n) is 6.06. The first-order valence-corrected chi connectivity index (χ1v) is 8.54. The van der Waals surface area contributed by atoms with E-state index in [0.717, 1.165) is 35.5 Å². The van der Waals surface area contributed by atoms with E-state index in [2.05, 4.69) is 15.6 Å². The molecule has 1 N–H and O–H groups in total. The lowest BCUT2D eigenvalue weighted by Crippen LogP contribution is -2.13. The van der Waals surface area contributed by atoms with Crippen LogP contribution >= 0.6 is 0 Å². The highest BCUT2D eigenvalue weighted by molar-refractivity contribution is 6.05. The summed E-state index contributed by atoms with van der Waals surface area (Å²) in [6.07, 6.45) is 2.76. The fourth-order valence-electron chi connectivity index (χ4n) is 2.66. The largest absolute Gasteiger partial charge is 0.385 e. The summed E-state index contributed by atoms with van der Waals surface area (Å²) in [6, 6.07) is 15.2. The maximum atomic E-state index is 12.6. The SMILES string of the molecule is COCCCn1cc(-c2ccc(C)c(C(=O)Nc3ccccc3)c2)nn1. The van der Waals surface area contributed by atoms with Crippen LogP contribution in [0.5, 0.6) is 0 Å². The first-order valence-electron chi connectivity index (χ1n) is 8.54. The van der Waals surface area contributed by atoms with Gasteiger partial charge in [-0.25, -0.2) is 0 Å². The second kappa shape index (κ2) is 8.40. The third kappa shape index (κ3) is 4.34. The standard InChI is InChI=1S/C20H22N4O2/c1-15-9-10-16(19-14-24(23-22-19)11-6-12-26-2)13-18(15)20(25)21-17-7-4-3-5-8-17/h3-5,7-10,13-14H,6,11-12H2,1-2H3,(H,21,25). The van der Waals surface area contributed by atoms with Crippen LogP contribution in [0.15, 0.2) is 54.7 Å². The zero-order valence-electron chi connectivity index (χ0n) is 15.0. The highest BCUT2D eigenvalue weighted by atomic mass is 16.5. The maximum absolute atomic E-state index is 12.6. The first kappa shape index (κ1) is 17.8. The lowest BCUT2D eigenvalue weighted by Gasteiger charge is -2.09. The molecule has 0 atom stereocenters. The minimum absolute atomic E-state index is 0.136. The third-order valence-corrected chi connectivity index (χ3v) is 4.08. The number of aryl methyl sites for hydroxylation is 2. The number of para-hydroxylation sites is 1. The summed E-state index contributed by atoms with van der Waals surface area (Å²) in [5.41, 5.74) is 3.92. The Hall–Kier alpha value is -2.99. The van der Waals surface area contributed by atoms with Gasteiger partial charge in [0.05, 0.1) is 6.20 Å². The number of hydrogen-bond acceptors (Lipinski definition) is 4. The van der Waals surface area contributed by atoms with Crippen molar-refractivity contribution in [3.05, 3.63) is 65.9 Å². The number of anilines is 1. The number of carbonyl (C=O) groups excluding carboxylic acids is 1. The van der Waals surface area contributed by atoms with Crippen molar-refractivity contribution in [3.63, 3.8) is 0 Å². The fraction of sp³-hybridized carbons (Fsp3) is 0.250. The summed E-state index contributed by atoms with van der Waals surface area (Å²) >= 11 is 0. The van der Waals surface area contributed by atoms with Crippen LogP contribution < -0.4 is 5.32 Å². The number of carbonyl (C=O) groups is 1. The van der Waals surface area contributed by atoms with Crippen LogP contribution in [0.3, 0.4) is 0 Å². The average Bonchev–Trinajstić information content (AvgIpc) is 3.12. The van der Waals surface area contributed by atoms with Crippen molar-refractivity contribution in [1.82, 2.24) is 15.0 Å². The molecule has 1 heterocycles. The van der Waals surface area contributed by atoms with Crippen molar-refractivity contribution in [3.8, 4) is 11.3 Å². The van der Waals surface area contributed by atoms with Gasteiger partial charge in [-0.2, -0.15) is 0 Å². The molecule has 3 rings (SSSR count). The second-order valence-corrected chi connectivity index (χ2v) is 6.06. The van der Waals surface area contributed by atoms with Crippen molar-refractivity contribution >= 4 is 11.6 Å². The molecular formula is C20H22N4O2. The molecule has 0 unspecified atom stereocenters. The van der Waals surface area contributed by atoms with Gasteiger partial charge in [-0.3, -0.25) is 9.48 Å². The number of nitrogens with zero attached hydrogens (tertiary/aromatic N) is 3. The molecule has 1 aromatic heterocycles. The molecular weight excluding hydrogens is 328 g/mol. The van der Waals surface area contributed by atoms with Gasteiger partial charge in [0.15, 0.2) is 0 Å². The number of amides is 1. The van der Waals surface area contributed by atoms with Crippen molar-refractivity contribution < 1.29 is 9.53 Å². The quantitative estimate of drug-likeness (QED) is 0.662. The molecule has 0 bridgehead atoms. The molecule has 6 nitrogen and oxygen atoms in total. The van der Waals surface area contributed by atoms with Crippen molar-refractivity contribution in [2.24, 2.45) is 0 Å². The van der Waals surface area contributed by atoms with E-state index in [-0.39, 0.29) is 5.91 Å². The van der Waals surface area contributed by atoms with Gasteiger partial charge in [-0.15, -0.1) is 5.10 Å². The monoisotopic (exact) mass is 350 g/mol. The molecule has 134 valence electrons. The van der Waals surface area contributed by atoms with E-state index in [4.69, 9.17) is 4.74 Å². The lowest BCUT2D eigenvalue weighted by atomic mass is 10.0. The fourth-order valence-corrected chi connectivity index (χ4v) is 2.66. The summed E-state index contributed by atoms with van der Waals surface area (Å²) in [7, 11) is 1.68. The summed E-state index contributed by atoms with van der Waals surface area (Å²) < 4.78 is 6.84. The smallest absolute Gasteiger partial charge is 0.255 e. The van der Waals surface area contributed by atoms with Crippen LogP contribution in [-0.4, -0.2) is 34.6 Å². The Morgan fingerprint density at radius 2 is 2.00 bits per heavy atom. The summed E-state index contributed by atoms with van der Waals surface area (Å²) in [5, 5.41) is 11.3. The van der Waals surface area contributed by atoms with Gasteiger partial charge in [-0.1, -0.05) is 35.5 Å². The number of hydrogen-bond donors (Lipinski definition) is 1. The van der Waals surface area contributed by atoms with Gasteiger partial charge in [0.25, 0.3) is 5.91 Å². The average molecular weight is 350 g/mol. The molecule has 0 aliphatic rings. The normalized spacial score (nSPS) is 10.7. The van der Waals surface area contributed by atoms with Crippen LogP contribution in [0.1, 0.15) is 22.3 Å². The van der Waals surface area contributed by atoms with Gasteiger partial charge in [0.2, 0.25) is 0 Å². The molecule has 6 heteroatoms. The van der Waals surface area contributed by atoms with E-state index in [9.17, 15) is 4.79 Å². The maximum Gasteiger partial charge on any atom is 0.255 e. The predicted octanol–water partition coefficient (Wildman–Crippen LogP) is 3.54. The Morgan fingerprint density at radius 1 is 1.19 bits per heavy atom. The molecule has 0 saturated heterocycles. The topological polar surface area (TPSA) is 69.0 Å². The highest BCUT2D eigenvalue weighted by Gasteiger charge is 2.12. The molecule has 0 aliphatic carbocycles. The Balaban J connectivity index is 1.78. The van der Waals surface area contributed by atoms with Gasteiger partial charge in [0.1, 0.15) is 5.69 Å². The highest BCUT2D eigenvalue weighted by Crippen LogP contribution is 2.21. The Bertz CT molecular complexity index is 875. The third-order valence-electron chi connectivity index (χ3n) is 4.08. The van der Waals surface area contributed by atoms with E-state index in [0.29, 0.717) is 12.2 Å². The lowest BCUT2D eigenvalue weighted by molar-refractivity contribution is 0.102. The molecule has 3 aromatic rings. The van der Waals surface area contributed by atoms with Gasteiger partial charge in [0, 0.05) is 37.1 Å². The number of methoxy groups -OCH3 is 1. The van der Waals surface area contributed by atoms with Crippen LogP contribution in [0.25, 0.3) is 11.3 Å². The van der Waals surface area contributed by atoms with E-state index >= 15 is 0 Å². The predicted molar refractivity (Wildman–Crippen MR) is 101 cm³/mol. The summed E-state index contributed by atoms with van der Waals surface area (Å²) in [4.78, 5) is 12.6.